The van der Waals surface area contributed by atoms with Crippen LogP contribution in [-0.2, 0) is 16.0 Å². The second kappa shape index (κ2) is 7.58. The number of hydrogen-bond acceptors (Lipinski definition) is 6. The number of rotatable bonds is 4. The summed E-state index contributed by atoms with van der Waals surface area (Å²) in [6.45, 7) is 4.12. The summed E-state index contributed by atoms with van der Waals surface area (Å²) in [7, 11) is 1.50. The molecule has 2 rings (SSSR count). The molecule has 8 nitrogen and oxygen atoms in total. The van der Waals surface area contributed by atoms with Gasteiger partial charge in [0.15, 0.2) is 6.61 Å². The molecule has 1 aliphatic heterocycles. The lowest BCUT2D eigenvalue weighted by atomic mass is 10.3. The van der Waals surface area contributed by atoms with E-state index >= 15 is 0 Å². The van der Waals surface area contributed by atoms with Crippen molar-refractivity contribution in [1.29, 1.82) is 0 Å². The number of carbonyl (C=O) groups excluding carboxylic acids is 2. The molecule has 0 unspecified atom stereocenters. The number of nitrogens with one attached hydrogen (secondary N) is 1. The second-order valence-corrected chi connectivity index (χ2v) is 4.95. The molecule has 0 aromatic carbocycles. The molecule has 1 aliphatic rings. The molecule has 22 heavy (non-hydrogen) atoms. The SMILES string of the molecule is CCc1cnc(N2CCN(C(=O)OCC(=O)NC)CC2)nc1. The predicted octanol–water partition coefficient (Wildman–Crippen LogP) is 0.0436. The van der Waals surface area contributed by atoms with E-state index in [2.05, 4.69) is 22.2 Å². The van der Waals surface area contributed by atoms with Crippen LogP contribution in [0.4, 0.5) is 10.7 Å². The molecular weight excluding hydrogens is 286 g/mol. The Hall–Kier alpha value is -2.38. The molecule has 0 aliphatic carbocycles. The number of ether oxygens (including phenoxy) is 1. The van der Waals surface area contributed by atoms with Crippen LogP contribution in [0, 0.1) is 0 Å². The summed E-state index contributed by atoms with van der Waals surface area (Å²) in [5, 5.41) is 2.40. The Balaban J connectivity index is 1.81. The minimum absolute atomic E-state index is 0.253. The highest BCUT2D eigenvalue weighted by atomic mass is 16.6. The van der Waals surface area contributed by atoms with E-state index in [-0.39, 0.29) is 12.5 Å². The van der Waals surface area contributed by atoms with Crippen LogP contribution in [0.25, 0.3) is 0 Å². The van der Waals surface area contributed by atoms with Gasteiger partial charge in [-0.3, -0.25) is 4.79 Å². The molecule has 1 aromatic heterocycles. The third-order valence-corrected chi connectivity index (χ3v) is 3.53. The van der Waals surface area contributed by atoms with Gasteiger partial charge in [-0.15, -0.1) is 0 Å². The van der Waals surface area contributed by atoms with E-state index in [1.54, 1.807) is 4.90 Å². The molecule has 1 aromatic rings. The Morgan fingerprint density at radius 3 is 2.41 bits per heavy atom. The normalized spacial score (nSPS) is 14.6. The summed E-state index contributed by atoms with van der Waals surface area (Å²) in [6.07, 6.45) is 4.09. The fourth-order valence-electron chi connectivity index (χ4n) is 2.07. The van der Waals surface area contributed by atoms with E-state index < -0.39 is 6.09 Å². The van der Waals surface area contributed by atoms with Gasteiger partial charge in [0.2, 0.25) is 5.95 Å². The Labute approximate surface area is 129 Å². The summed E-state index contributed by atoms with van der Waals surface area (Å²) in [4.78, 5) is 35.2. The average Bonchev–Trinajstić information content (AvgIpc) is 2.59. The average molecular weight is 307 g/mol. The highest BCUT2D eigenvalue weighted by Crippen LogP contribution is 2.11. The van der Waals surface area contributed by atoms with Crippen LogP contribution in [0.2, 0.25) is 0 Å². The lowest BCUT2D eigenvalue weighted by molar-refractivity contribution is -0.123. The van der Waals surface area contributed by atoms with Crippen molar-refractivity contribution in [3.63, 3.8) is 0 Å². The standard InChI is InChI=1S/C14H21N5O3/c1-3-11-8-16-13(17-9-11)18-4-6-19(7-5-18)14(21)22-10-12(20)15-2/h8-9H,3-7,10H2,1-2H3,(H,15,20). The van der Waals surface area contributed by atoms with E-state index in [0.29, 0.717) is 32.1 Å². The maximum Gasteiger partial charge on any atom is 0.410 e. The Bertz CT molecular complexity index is 512. The predicted molar refractivity (Wildman–Crippen MR) is 80.6 cm³/mol. The van der Waals surface area contributed by atoms with Crippen LogP contribution >= 0.6 is 0 Å². The summed E-state index contributed by atoms with van der Waals surface area (Å²) in [5.41, 5.74) is 1.10. The van der Waals surface area contributed by atoms with Crippen LogP contribution in [0.5, 0.6) is 0 Å². The zero-order chi connectivity index (χ0) is 15.9. The topological polar surface area (TPSA) is 87.7 Å². The van der Waals surface area contributed by atoms with Crippen molar-refractivity contribution >= 4 is 17.9 Å². The maximum absolute atomic E-state index is 11.8. The number of amides is 2. The summed E-state index contributed by atoms with van der Waals surface area (Å²) < 4.78 is 4.93. The van der Waals surface area contributed by atoms with Gasteiger partial charge in [-0.1, -0.05) is 6.92 Å². The van der Waals surface area contributed by atoms with Crippen LogP contribution in [0.1, 0.15) is 12.5 Å². The first-order chi connectivity index (χ1) is 10.6. The molecule has 1 saturated heterocycles. The molecule has 2 amide bonds. The molecule has 120 valence electrons. The van der Waals surface area contributed by atoms with Crippen molar-refractivity contribution in [3.8, 4) is 0 Å². The molecule has 0 saturated carbocycles. The van der Waals surface area contributed by atoms with Crippen molar-refractivity contribution in [1.82, 2.24) is 20.2 Å². The lowest BCUT2D eigenvalue weighted by Crippen LogP contribution is -2.49. The van der Waals surface area contributed by atoms with Gasteiger partial charge in [0, 0.05) is 45.6 Å². The summed E-state index contributed by atoms with van der Waals surface area (Å²) in [5.74, 6) is 0.354. The molecule has 8 heteroatoms. The highest BCUT2D eigenvalue weighted by Gasteiger charge is 2.23. The molecule has 0 bridgehead atoms. The fraction of sp³-hybridized carbons (Fsp3) is 0.571. The molecular formula is C14H21N5O3. The third-order valence-electron chi connectivity index (χ3n) is 3.53. The zero-order valence-electron chi connectivity index (χ0n) is 12.9. The van der Waals surface area contributed by atoms with Crippen LogP contribution in [0.15, 0.2) is 12.4 Å². The Kier molecular flexibility index (Phi) is 5.51. The van der Waals surface area contributed by atoms with E-state index in [1.807, 2.05) is 17.3 Å². The van der Waals surface area contributed by atoms with E-state index in [0.717, 1.165) is 12.0 Å². The Morgan fingerprint density at radius 2 is 1.86 bits per heavy atom. The number of likely N-dealkylation sites (N-methyl/N-ethyl adjacent to an activating group) is 1. The molecule has 0 radical (unpaired) electrons. The first-order valence-electron chi connectivity index (χ1n) is 7.32. The third kappa shape index (κ3) is 4.06. The molecule has 2 heterocycles. The smallest absolute Gasteiger partial charge is 0.410 e. The largest absolute Gasteiger partial charge is 0.439 e. The van der Waals surface area contributed by atoms with Gasteiger partial charge in [0.1, 0.15) is 0 Å². The monoisotopic (exact) mass is 307 g/mol. The Morgan fingerprint density at radius 1 is 1.23 bits per heavy atom. The van der Waals surface area contributed by atoms with Crippen LogP contribution < -0.4 is 10.2 Å². The summed E-state index contributed by atoms with van der Waals surface area (Å²) >= 11 is 0. The second-order valence-electron chi connectivity index (χ2n) is 4.95. The van der Waals surface area contributed by atoms with Crippen molar-refractivity contribution < 1.29 is 14.3 Å². The van der Waals surface area contributed by atoms with Crippen LogP contribution in [0.3, 0.4) is 0 Å². The van der Waals surface area contributed by atoms with Crippen molar-refractivity contribution in [2.24, 2.45) is 0 Å². The number of carbonyl (C=O) groups is 2. The lowest BCUT2D eigenvalue weighted by Gasteiger charge is -2.33. The number of nitrogens with zero attached hydrogens (tertiary/aromatic N) is 4. The molecule has 1 fully saturated rings. The van der Waals surface area contributed by atoms with E-state index in [1.165, 1.54) is 7.05 Å². The van der Waals surface area contributed by atoms with Gasteiger partial charge < -0.3 is 19.9 Å². The van der Waals surface area contributed by atoms with E-state index in [4.69, 9.17) is 4.74 Å². The first kappa shape index (κ1) is 16.0. The van der Waals surface area contributed by atoms with Gasteiger partial charge in [0.05, 0.1) is 0 Å². The van der Waals surface area contributed by atoms with Crippen molar-refractivity contribution in [2.45, 2.75) is 13.3 Å². The number of anilines is 1. The van der Waals surface area contributed by atoms with Gasteiger partial charge in [-0.25, -0.2) is 14.8 Å². The van der Waals surface area contributed by atoms with Gasteiger partial charge in [-0.2, -0.15) is 0 Å². The van der Waals surface area contributed by atoms with Crippen molar-refractivity contribution in [3.05, 3.63) is 18.0 Å². The molecule has 1 N–H and O–H groups in total. The summed E-state index contributed by atoms with van der Waals surface area (Å²) in [6, 6.07) is 0. The minimum Gasteiger partial charge on any atom is -0.439 e. The molecule has 0 spiro atoms. The maximum atomic E-state index is 11.8. The van der Waals surface area contributed by atoms with E-state index in [9.17, 15) is 9.59 Å². The van der Waals surface area contributed by atoms with Gasteiger partial charge in [-0.05, 0) is 12.0 Å². The van der Waals surface area contributed by atoms with Gasteiger partial charge in [0.25, 0.3) is 5.91 Å². The molecule has 0 atom stereocenters. The minimum atomic E-state index is -0.467. The fourth-order valence-corrected chi connectivity index (χ4v) is 2.07. The number of aryl methyl sites for hydroxylation is 1. The number of aromatic nitrogens is 2. The highest BCUT2D eigenvalue weighted by molar-refractivity contribution is 5.79. The van der Waals surface area contributed by atoms with Gasteiger partial charge >= 0.3 is 6.09 Å². The quantitative estimate of drug-likeness (QED) is 0.845. The zero-order valence-corrected chi connectivity index (χ0v) is 12.9. The first-order valence-corrected chi connectivity index (χ1v) is 7.32. The number of hydrogen-bond donors (Lipinski definition) is 1. The van der Waals surface area contributed by atoms with Crippen molar-refractivity contribution in [2.75, 3.05) is 44.7 Å². The number of piperazine rings is 1. The van der Waals surface area contributed by atoms with Crippen LogP contribution in [-0.4, -0.2) is 66.7 Å².